The first kappa shape index (κ1) is 14.7. The van der Waals surface area contributed by atoms with Gasteiger partial charge < -0.3 is 15.2 Å². The van der Waals surface area contributed by atoms with Crippen LogP contribution in [-0.4, -0.2) is 24.3 Å². The molecule has 1 aliphatic heterocycles. The first-order chi connectivity index (χ1) is 10.3. The van der Waals surface area contributed by atoms with Crippen molar-refractivity contribution in [1.29, 1.82) is 0 Å². The average molecular weight is 290 g/mol. The SMILES string of the molecule is CCN(Cc1cc(N)cc2c1OCOC2)C1CCCCC1. The average Bonchev–Trinajstić information content (AvgIpc) is 2.53. The number of hydrogen-bond donors (Lipinski definition) is 1. The Morgan fingerprint density at radius 1 is 1.24 bits per heavy atom. The van der Waals surface area contributed by atoms with Gasteiger partial charge in [0.2, 0.25) is 0 Å². The summed E-state index contributed by atoms with van der Waals surface area (Å²) in [4.78, 5) is 2.58. The van der Waals surface area contributed by atoms with Crippen LogP contribution in [-0.2, 0) is 17.9 Å². The summed E-state index contributed by atoms with van der Waals surface area (Å²) in [5.41, 5.74) is 9.14. The molecule has 2 aliphatic rings. The van der Waals surface area contributed by atoms with Crippen molar-refractivity contribution in [2.45, 2.75) is 58.2 Å². The molecule has 4 nitrogen and oxygen atoms in total. The van der Waals surface area contributed by atoms with E-state index in [0.29, 0.717) is 19.4 Å². The summed E-state index contributed by atoms with van der Waals surface area (Å²) in [5, 5.41) is 0. The normalized spacial score (nSPS) is 19.3. The second-order valence-corrected chi connectivity index (χ2v) is 6.13. The van der Waals surface area contributed by atoms with Gasteiger partial charge in [-0.15, -0.1) is 0 Å². The molecule has 4 heteroatoms. The second-order valence-electron chi connectivity index (χ2n) is 6.13. The zero-order valence-corrected chi connectivity index (χ0v) is 12.9. The third-order valence-corrected chi connectivity index (χ3v) is 4.68. The van der Waals surface area contributed by atoms with Crippen LogP contribution in [0.4, 0.5) is 5.69 Å². The first-order valence-corrected chi connectivity index (χ1v) is 8.13. The van der Waals surface area contributed by atoms with Gasteiger partial charge in [0.05, 0.1) is 6.61 Å². The highest BCUT2D eigenvalue weighted by Gasteiger charge is 2.23. The van der Waals surface area contributed by atoms with E-state index in [-0.39, 0.29) is 0 Å². The Hall–Kier alpha value is -1.26. The van der Waals surface area contributed by atoms with Crippen LogP contribution in [0.5, 0.6) is 5.75 Å². The van der Waals surface area contributed by atoms with Crippen LogP contribution in [0, 0.1) is 0 Å². The number of fused-ring (bicyclic) bond motifs is 1. The Labute approximate surface area is 127 Å². The second kappa shape index (κ2) is 6.67. The number of rotatable bonds is 4. The lowest BCUT2D eigenvalue weighted by Crippen LogP contribution is -2.36. The molecule has 1 heterocycles. The lowest BCUT2D eigenvalue weighted by Gasteiger charge is -2.34. The van der Waals surface area contributed by atoms with E-state index < -0.39 is 0 Å². The van der Waals surface area contributed by atoms with Crippen molar-refractivity contribution in [3.05, 3.63) is 23.3 Å². The van der Waals surface area contributed by atoms with E-state index in [1.807, 2.05) is 6.07 Å². The Morgan fingerprint density at radius 3 is 2.81 bits per heavy atom. The third-order valence-electron chi connectivity index (χ3n) is 4.68. The Balaban J connectivity index is 1.80. The lowest BCUT2D eigenvalue weighted by atomic mass is 9.93. The van der Waals surface area contributed by atoms with Crippen molar-refractivity contribution in [3.8, 4) is 5.75 Å². The number of anilines is 1. The van der Waals surface area contributed by atoms with Crippen molar-refractivity contribution in [2.24, 2.45) is 0 Å². The molecule has 1 aromatic carbocycles. The standard InChI is InChI=1S/C17H26N2O2/c1-2-19(16-6-4-3-5-7-16)10-13-8-15(18)9-14-11-20-12-21-17(13)14/h8-9,16H,2-7,10-12,18H2,1H3. The third kappa shape index (κ3) is 3.33. The van der Waals surface area contributed by atoms with E-state index in [1.165, 1.54) is 37.7 Å². The van der Waals surface area contributed by atoms with E-state index in [0.717, 1.165) is 30.1 Å². The van der Waals surface area contributed by atoms with E-state index in [9.17, 15) is 0 Å². The maximum Gasteiger partial charge on any atom is 0.189 e. The molecule has 0 amide bonds. The van der Waals surface area contributed by atoms with Crippen molar-refractivity contribution < 1.29 is 9.47 Å². The first-order valence-electron chi connectivity index (χ1n) is 8.13. The zero-order valence-electron chi connectivity index (χ0n) is 12.9. The molecule has 21 heavy (non-hydrogen) atoms. The Kier molecular flexibility index (Phi) is 4.66. The molecule has 1 aromatic rings. The molecular weight excluding hydrogens is 264 g/mol. The minimum atomic E-state index is 0.347. The molecule has 0 unspecified atom stereocenters. The summed E-state index contributed by atoms with van der Waals surface area (Å²) < 4.78 is 11.1. The van der Waals surface area contributed by atoms with Crippen LogP contribution in [0.25, 0.3) is 0 Å². The fourth-order valence-corrected chi connectivity index (χ4v) is 3.61. The molecule has 3 rings (SSSR count). The van der Waals surface area contributed by atoms with Crippen molar-refractivity contribution in [3.63, 3.8) is 0 Å². The summed E-state index contributed by atoms with van der Waals surface area (Å²) >= 11 is 0. The summed E-state index contributed by atoms with van der Waals surface area (Å²) in [6, 6.07) is 4.74. The zero-order chi connectivity index (χ0) is 14.7. The molecule has 0 saturated heterocycles. The molecule has 0 atom stereocenters. The predicted molar refractivity (Wildman–Crippen MR) is 84.1 cm³/mol. The van der Waals surface area contributed by atoms with Gasteiger partial charge in [0.1, 0.15) is 5.75 Å². The maximum absolute atomic E-state index is 6.05. The highest BCUT2D eigenvalue weighted by atomic mass is 16.7. The van der Waals surface area contributed by atoms with Crippen LogP contribution >= 0.6 is 0 Å². The molecule has 0 radical (unpaired) electrons. The minimum absolute atomic E-state index is 0.347. The molecule has 1 saturated carbocycles. The van der Waals surface area contributed by atoms with Crippen LogP contribution in [0.2, 0.25) is 0 Å². The van der Waals surface area contributed by atoms with E-state index in [4.69, 9.17) is 15.2 Å². The maximum atomic E-state index is 6.05. The molecule has 0 bridgehead atoms. The van der Waals surface area contributed by atoms with Crippen molar-refractivity contribution in [1.82, 2.24) is 4.90 Å². The van der Waals surface area contributed by atoms with Crippen molar-refractivity contribution in [2.75, 3.05) is 19.1 Å². The predicted octanol–water partition coefficient (Wildman–Crippen LogP) is 3.29. The Morgan fingerprint density at radius 2 is 2.05 bits per heavy atom. The fourth-order valence-electron chi connectivity index (χ4n) is 3.61. The molecule has 0 spiro atoms. The van der Waals surface area contributed by atoms with E-state index in [2.05, 4.69) is 17.9 Å². The van der Waals surface area contributed by atoms with Gasteiger partial charge >= 0.3 is 0 Å². The van der Waals surface area contributed by atoms with E-state index >= 15 is 0 Å². The molecule has 1 aliphatic carbocycles. The van der Waals surface area contributed by atoms with Gasteiger partial charge in [-0.1, -0.05) is 26.2 Å². The monoisotopic (exact) mass is 290 g/mol. The van der Waals surface area contributed by atoms with Gasteiger partial charge in [-0.05, 0) is 31.5 Å². The van der Waals surface area contributed by atoms with Gasteiger partial charge in [0, 0.05) is 29.4 Å². The van der Waals surface area contributed by atoms with Crippen LogP contribution in [0.1, 0.15) is 50.2 Å². The quantitative estimate of drug-likeness (QED) is 0.864. The highest BCUT2D eigenvalue weighted by molar-refractivity contribution is 5.53. The van der Waals surface area contributed by atoms with Gasteiger partial charge in [-0.3, -0.25) is 4.90 Å². The highest BCUT2D eigenvalue weighted by Crippen LogP contribution is 2.33. The van der Waals surface area contributed by atoms with Gasteiger partial charge in [-0.2, -0.15) is 0 Å². The topological polar surface area (TPSA) is 47.7 Å². The number of benzene rings is 1. The minimum Gasteiger partial charge on any atom is -0.467 e. The molecule has 0 aromatic heterocycles. The number of hydrogen-bond acceptors (Lipinski definition) is 4. The fraction of sp³-hybridized carbons (Fsp3) is 0.647. The number of nitrogens with two attached hydrogens (primary N) is 1. The summed E-state index contributed by atoms with van der Waals surface area (Å²) in [6.45, 7) is 5.19. The van der Waals surface area contributed by atoms with Gasteiger partial charge in [0.25, 0.3) is 0 Å². The largest absolute Gasteiger partial charge is 0.467 e. The van der Waals surface area contributed by atoms with Crippen LogP contribution in [0.3, 0.4) is 0 Å². The number of nitrogen functional groups attached to an aromatic ring is 1. The van der Waals surface area contributed by atoms with Gasteiger partial charge in [0.15, 0.2) is 6.79 Å². The van der Waals surface area contributed by atoms with E-state index in [1.54, 1.807) is 0 Å². The smallest absolute Gasteiger partial charge is 0.189 e. The number of ether oxygens (including phenoxy) is 2. The van der Waals surface area contributed by atoms with Crippen LogP contribution in [0.15, 0.2) is 12.1 Å². The van der Waals surface area contributed by atoms with Crippen molar-refractivity contribution >= 4 is 5.69 Å². The van der Waals surface area contributed by atoms with Crippen LogP contribution < -0.4 is 10.5 Å². The summed E-state index contributed by atoms with van der Waals surface area (Å²) in [7, 11) is 0. The molecule has 1 fully saturated rings. The van der Waals surface area contributed by atoms with Gasteiger partial charge in [-0.25, -0.2) is 0 Å². The number of nitrogens with zero attached hydrogens (tertiary/aromatic N) is 1. The lowest BCUT2D eigenvalue weighted by molar-refractivity contribution is -0.0176. The Bertz CT molecular complexity index is 484. The molecule has 2 N–H and O–H groups in total. The summed E-state index contributed by atoms with van der Waals surface area (Å²) in [6.07, 6.45) is 6.76. The molecular formula is C17H26N2O2. The summed E-state index contributed by atoms with van der Waals surface area (Å²) in [5.74, 6) is 0.990. The molecule has 116 valence electrons.